The van der Waals surface area contributed by atoms with E-state index in [0.717, 1.165) is 56.1 Å². The Morgan fingerprint density at radius 3 is 2.72 bits per heavy atom. The molecule has 3 fully saturated rings. The normalized spacial score (nSPS) is 25.5. The second-order valence-corrected chi connectivity index (χ2v) is 12.7. The minimum atomic E-state index is -2.78. The highest BCUT2D eigenvalue weighted by Gasteiger charge is 2.50. The monoisotopic (exact) mass is 434 g/mol. The van der Waals surface area contributed by atoms with E-state index in [-0.39, 0.29) is 0 Å². The van der Waals surface area contributed by atoms with Crippen molar-refractivity contribution >= 4 is 37.2 Å². The molecular formula is C21H30N4O2S2. The summed E-state index contributed by atoms with van der Waals surface area (Å²) in [7, 11) is -2.78. The molecule has 158 valence electrons. The second kappa shape index (κ2) is 7.17. The number of aromatic nitrogens is 2. The summed E-state index contributed by atoms with van der Waals surface area (Å²) >= 11 is 1.78. The number of nitrogens with zero attached hydrogens (tertiary/aromatic N) is 4. The van der Waals surface area contributed by atoms with Crippen molar-refractivity contribution in [3.8, 4) is 0 Å². The smallest absolute Gasteiger partial charge is 0.150 e. The minimum absolute atomic E-state index is 0.371. The fraction of sp³-hybridized carbons (Fsp3) is 0.714. The van der Waals surface area contributed by atoms with Gasteiger partial charge in [-0.3, -0.25) is 4.90 Å². The summed E-state index contributed by atoms with van der Waals surface area (Å²) in [4.78, 5) is 16.7. The van der Waals surface area contributed by atoms with Crippen LogP contribution >= 0.6 is 11.3 Å². The van der Waals surface area contributed by atoms with Gasteiger partial charge in [-0.1, -0.05) is 6.92 Å². The molecule has 1 unspecified atom stereocenters. The van der Waals surface area contributed by atoms with Crippen molar-refractivity contribution in [1.29, 1.82) is 0 Å². The molecule has 0 radical (unpaired) electrons. The predicted octanol–water partition coefficient (Wildman–Crippen LogP) is 2.98. The Bertz CT molecular complexity index is 999. The average molecular weight is 435 g/mol. The Morgan fingerprint density at radius 1 is 1.24 bits per heavy atom. The summed E-state index contributed by atoms with van der Waals surface area (Å²) < 4.78 is 23.5. The van der Waals surface area contributed by atoms with Gasteiger partial charge in [0.1, 0.15) is 26.8 Å². The first kappa shape index (κ1) is 19.7. The largest absolute Gasteiger partial charge is 0.355 e. The van der Waals surface area contributed by atoms with E-state index in [1.807, 2.05) is 0 Å². The molecular weight excluding hydrogens is 404 g/mol. The van der Waals surface area contributed by atoms with Gasteiger partial charge in [0.25, 0.3) is 0 Å². The van der Waals surface area contributed by atoms with Gasteiger partial charge in [0, 0.05) is 42.5 Å². The van der Waals surface area contributed by atoms with Gasteiger partial charge in [-0.15, -0.1) is 11.3 Å². The molecule has 6 nitrogen and oxygen atoms in total. The highest BCUT2D eigenvalue weighted by Crippen LogP contribution is 2.44. The number of hydrogen-bond donors (Lipinski definition) is 0. The predicted molar refractivity (Wildman–Crippen MR) is 118 cm³/mol. The van der Waals surface area contributed by atoms with Gasteiger partial charge in [-0.05, 0) is 44.6 Å². The highest BCUT2D eigenvalue weighted by molar-refractivity contribution is 7.91. The maximum Gasteiger partial charge on any atom is 0.150 e. The van der Waals surface area contributed by atoms with E-state index in [9.17, 15) is 8.42 Å². The van der Waals surface area contributed by atoms with E-state index < -0.39 is 9.84 Å². The molecule has 0 amide bonds. The molecule has 3 aliphatic rings. The first-order valence-corrected chi connectivity index (χ1v) is 13.4. The van der Waals surface area contributed by atoms with Crippen LogP contribution in [0.15, 0.2) is 12.4 Å². The van der Waals surface area contributed by atoms with Crippen molar-refractivity contribution in [2.45, 2.75) is 45.6 Å². The van der Waals surface area contributed by atoms with E-state index in [1.54, 1.807) is 17.7 Å². The number of likely N-dealkylation sites (tertiary alicyclic amines) is 1. The van der Waals surface area contributed by atoms with Crippen LogP contribution in [0.4, 0.5) is 5.82 Å². The Hall–Kier alpha value is -1.25. The van der Waals surface area contributed by atoms with Crippen LogP contribution < -0.4 is 4.90 Å². The zero-order valence-electron chi connectivity index (χ0n) is 17.3. The van der Waals surface area contributed by atoms with Crippen molar-refractivity contribution in [2.24, 2.45) is 11.3 Å². The maximum absolute atomic E-state index is 11.7. The molecule has 3 aliphatic heterocycles. The van der Waals surface area contributed by atoms with E-state index in [1.165, 1.54) is 16.7 Å². The van der Waals surface area contributed by atoms with Gasteiger partial charge in [-0.2, -0.15) is 0 Å². The third kappa shape index (κ3) is 3.57. The lowest BCUT2D eigenvalue weighted by Gasteiger charge is -2.53. The minimum Gasteiger partial charge on any atom is -0.355 e. The topological polar surface area (TPSA) is 66.4 Å². The molecule has 3 saturated heterocycles. The van der Waals surface area contributed by atoms with Crippen LogP contribution in [-0.2, 0) is 16.3 Å². The lowest BCUT2D eigenvalue weighted by molar-refractivity contribution is -0.0304. The summed E-state index contributed by atoms with van der Waals surface area (Å²) in [5.74, 6) is 2.37. The van der Waals surface area contributed by atoms with Gasteiger partial charge < -0.3 is 4.90 Å². The molecule has 5 heterocycles. The molecule has 0 saturated carbocycles. The SMILES string of the molecule is CCc1cc2c(N3CCC4(C3)CN(C(C)C3CCS(=O)(=O)CC3)C4)ncnc2s1. The van der Waals surface area contributed by atoms with Crippen molar-refractivity contribution in [2.75, 3.05) is 42.6 Å². The third-order valence-electron chi connectivity index (χ3n) is 7.38. The van der Waals surface area contributed by atoms with Gasteiger partial charge in [0.2, 0.25) is 0 Å². The van der Waals surface area contributed by atoms with Crippen molar-refractivity contribution in [1.82, 2.24) is 14.9 Å². The van der Waals surface area contributed by atoms with Crippen LogP contribution in [0.1, 0.15) is 38.0 Å². The number of anilines is 1. The van der Waals surface area contributed by atoms with Crippen molar-refractivity contribution in [3.63, 3.8) is 0 Å². The Morgan fingerprint density at radius 2 is 2.00 bits per heavy atom. The van der Waals surface area contributed by atoms with E-state index in [0.29, 0.717) is 28.9 Å². The quantitative estimate of drug-likeness (QED) is 0.737. The zero-order valence-corrected chi connectivity index (χ0v) is 18.9. The van der Waals surface area contributed by atoms with Crippen LogP contribution in [0.2, 0.25) is 0 Å². The molecule has 29 heavy (non-hydrogen) atoms. The fourth-order valence-corrected chi connectivity index (χ4v) is 7.94. The number of thiophene rings is 1. The zero-order chi connectivity index (χ0) is 20.2. The second-order valence-electron chi connectivity index (χ2n) is 9.29. The average Bonchev–Trinajstić information content (AvgIpc) is 3.30. The maximum atomic E-state index is 11.7. The molecule has 0 bridgehead atoms. The Labute approximate surface area is 177 Å². The summed E-state index contributed by atoms with van der Waals surface area (Å²) in [5, 5.41) is 1.21. The van der Waals surface area contributed by atoms with Gasteiger partial charge in [-0.25, -0.2) is 18.4 Å². The van der Waals surface area contributed by atoms with Crippen LogP contribution in [0.3, 0.4) is 0 Å². The molecule has 8 heteroatoms. The van der Waals surface area contributed by atoms with Crippen LogP contribution in [0.5, 0.6) is 0 Å². The summed E-state index contributed by atoms with van der Waals surface area (Å²) in [5.41, 5.74) is 0.371. The summed E-state index contributed by atoms with van der Waals surface area (Å²) in [6.45, 7) is 8.88. The number of rotatable bonds is 4. The first-order valence-electron chi connectivity index (χ1n) is 10.8. The Kier molecular flexibility index (Phi) is 4.87. The molecule has 1 spiro atoms. The lowest BCUT2D eigenvalue weighted by atomic mass is 9.76. The van der Waals surface area contributed by atoms with Crippen molar-refractivity contribution in [3.05, 3.63) is 17.3 Å². The number of aryl methyl sites for hydroxylation is 1. The molecule has 1 atom stereocenters. The molecule has 5 rings (SSSR count). The molecule has 0 aromatic carbocycles. The number of fused-ring (bicyclic) bond motifs is 1. The number of hydrogen-bond acceptors (Lipinski definition) is 7. The molecule has 2 aromatic heterocycles. The van der Waals surface area contributed by atoms with E-state index in [2.05, 4.69) is 39.7 Å². The molecule has 0 aliphatic carbocycles. The first-order chi connectivity index (χ1) is 13.9. The summed E-state index contributed by atoms with van der Waals surface area (Å²) in [6.07, 6.45) is 5.63. The highest BCUT2D eigenvalue weighted by atomic mass is 32.2. The van der Waals surface area contributed by atoms with Gasteiger partial charge >= 0.3 is 0 Å². The fourth-order valence-electron chi connectivity index (χ4n) is 5.49. The Balaban J connectivity index is 1.24. The van der Waals surface area contributed by atoms with E-state index >= 15 is 0 Å². The standard InChI is InChI=1S/C21H30N4O2S2/c1-3-17-10-18-19(22-14-23-20(18)28-17)24-7-6-21(11-24)12-25(13-21)15(2)16-4-8-29(26,27)9-5-16/h10,14-16H,3-9,11-13H2,1-2H3. The van der Waals surface area contributed by atoms with E-state index in [4.69, 9.17) is 0 Å². The van der Waals surface area contributed by atoms with Crippen LogP contribution in [0.25, 0.3) is 10.2 Å². The van der Waals surface area contributed by atoms with Gasteiger partial charge in [0.15, 0.2) is 0 Å². The van der Waals surface area contributed by atoms with Crippen LogP contribution in [0, 0.1) is 11.3 Å². The lowest BCUT2D eigenvalue weighted by Crippen LogP contribution is -2.62. The summed E-state index contributed by atoms with van der Waals surface area (Å²) in [6, 6.07) is 2.76. The van der Waals surface area contributed by atoms with Gasteiger partial charge in [0.05, 0.1) is 16.9 Å². The molecule has 0 N–H and O–H groups in total. The van der Waals surface area contributed by atoms with Crippen molar-refractivity contribution < 1.29 is 8.42 Å². The van der Waals surface area contributed by atoms with Crippen LogP contribution in [-0.4, -0.2) is 67.0 Å². The number of sulfone groups is 1. The molecule has 2 aromatic rings. The third-order valence-corrected chi connectivity index (χ3v) is 10.3.